The van der Waals surface area contributed by atoms with Crippen LogP contribution in [0.5, 0.6) is 11.5 Å². The number of pyridine rings is 1. The molecule has 28 heavy (non-hydrogen) atoms. The predicted molar refractivity (Wildman–Crippen MR) is 105 cm³/mol. The Kier molecular flexibility index (Phi) is 5.99. The summed E-state index contributed by atoms with van der Waals surface area (Å²) in [6.07, 6.45) is 3.06. The van der Waals surface area contributed by atoms with E-state index in [-0.39, 0.29) is 30.2 Å². The van der Waals surface area contributed by atoms with E-state index in [9.17, 15) is 9.59 Å². The second-order valence-electron chi connectivity index (χ2n) is 7.13. The Labute approximate surface area is 163 Å². The Balaban J connectivity index is 1.93. The van der Waals surface area contributed by atoms with Crippen molar-refractivity contribution in [3.05, 3.63) is 30.0 Å². The molecule has 4 N–H and O–H groups in total. The first-order valence-corrected chi connectivity index (χ1v) is 9.42. The smallest absolute Gasteiger partial charge is 0.252 e. The van der Waals surface area contributed by atoms with Crippen LogP contribution in [0, 0.1) is 0 Å². The molecule has 0 saturated carbocycles. The van der Waals surface area contributed by atoms with Crippen LogP contribution >= 0.6 is 0 Å². The van der Waals surface area contributed by atoms with Crippen molar-refractivity contribution >= 4 is 22.7 Å². The fourth-order valence-corrected chi connectivity index (χ4v) is 3.36. The molecule has 0 unspecified atom stereocenters. The van der Waals surface area contributed by atoms with Crippen LogP contribution in [0.15, 0.2) is 24.4 Å². The maximum Gasteiger partial charge on any atom is 0.252 e. The topological polar surface area (TPSA) is 121 Å². The van der Waals surface area contributed by atoms with E-state index < -0.39 is 5.91 Å². The standard InChI is InChI=1S/C20H26N4O4/c1-12(2)27-18-9-14-16(8-15(18)20(22)26)23-6-5-17(14)28-13-4-3-7-24(11-13)19(25)10-21/h5-6,8-9,12-13H,3-4,7,10-11,21H2,1-2H3,(H2,22,26)/t13-/m1/s1. The van der Waals surface area contributed by atoms with E-state index in [0.29, 0.717) is 30.1 Å². The van der Waals surface area contributed by atoms with Gasteiger partial charge in [0, 0.05) is 18.1 Å². The number of carbonyl (C=O) groups is 2. The van der Waals surface area contributed by atoms with Gasteiger partial charge in [0.15, 0.2) is 0 Å². The van der Waals surface area contributed by atoms with E-state index >= 15 is 0 Å². The largest absolute Gasteiger partial charge is 0.490 e. The van der Waals surface area contributed by atoms with E-state index in [1.165, 1.54) is 0 Å². The lowest BCUT2D eigenvalue weighted by Gasteiger charge is -2.33. The van der Waals surface area contributed by atoms with Gasteiger partial charge in [-0.05, 0) is 44.9 Å². The highest BCUT2D eigenvalue weighted by Gasteiger charge is 2.25. The van der Waals surface area contributed by atoms with Gasteiger partial charge in [0.1, 0.15) is 17.6 Å². The number of fused-ring (bicyclic) bond motifs is 1. The van der Waals surface area contributed by atoms with E-state index in [1.807, 2.05) is 13.8 Å². The summed E-state index contributed by atoms with van der Waals surface area (Å²) in [4.78, 5) is 29.8. The Hall–Kier alpha value is -2.87. The molecule has 0 radical (unpaired) electrons. The van der Waals surface area contributed by atoms with Crippen LogP contribution in [0.4, 0.5) is 0 Å². The Morgan fingerprint density at radius 2 is 2.11 bits per heavy atom. The summed E-state index contributed by atoms with van der Waals surface area (Å²) in [7, 11) is 0. The number of benzene rings is 1. The molecule has 8 heteroatoms. The van der Waals surface area contributed by atoms with Crippen molar-refractivity contribution in [2.45, 2.75) is 38.9 Å². The van der Waals surface area contributed by atoms with E-state index in [0.717, 1.165) is 18.2 Å². The number of piperidine rings is 1. The van der Waals surface area contributed by atoms with Gasteiger partial charge in [-0.25, -0.2) is 0 Å². The third kappa shape index (κ3) is 4.33. The van der Waals surface area contributed by atoms with Crippen molar-refractivity contribution in [3.8, 4) is 11.5 Å². The number of nitrogens with two attached hydrogens (primary N) is 2. The van der Waals surface area contributed by atoms with Crippen molar-refractivity contribution < 1.29 is 19.1 Å². The number of likely N-dealkylation sites (tertiary alicyclic amines) is 1. The van der Waals surface area contributed by atoms with Crippen molar-refractivity contribution in [3.63, 3.8) is 0 Å². The molecule has 2 amide bonds. The minimum atomic E-state index is -0.575. The van der Waals surface area contributed by atoms with E-state index in [2.05, 4.69) is 4.98 Å². The molecule has 1 aromatic heterocycles. The minimum absolute atomic E-state index is 0.00327. The highest BCUT2D eigenvalue weighted by atomic mass is 16.5. The van der Waals surface area contributed by atoms with Crippen molar-refractivity contribution in [2.24, 2.45) is 11.5 Å². The zero-order chi connectivity index (χ0) is 20.3. The highest BCUT2D eigenvalue weighted by molar-refractivity contribution is 6.01. The molecule has 3 rings (SSSR count). The van der Waals surface area contributed by atoms with Crippen molar-refractivity contribution in [2.75, 3.05) is 19.6 Å². The fraction of sp³-hybridized carbons (Fsp3) is 0.450. The van der Waals surface area contributed by atoms with E-state index in [4.69, 9.17) is 20.9 Å². The summed E-state index contributed by atoms with van der Waals surface area (Å²) in [6, 6.07) is 5.13. The molecular formula is C20H26N4O4. The van der Waals surface area contributed by atoms with Gasteiger partial charge in [-0.2, -0.15) is 0 Å². The number of amides is 2. The monoisotopic (exact) mass is 386 g/mol. The SMILES string of the molecule is CC(C)Oc1cc2c(O[C@@H]3CCCN(C(=O)CN)C3)ccnc2cc1C(N)=O. The lowest BCUT2D eigenvalue weighted by atomic mass is 10.1. The molecule has 2 heterocycles. The lowest BCUT2D eigenvalue weighted by Crippen LogP contribution is -2.46. The Morgan fingerprint density at radius 1 is 1.32 bits per heavy atom. The van der Waals surface area contributed by atoms with Crippen LogP contribution in [0.1, 0.15) is 37.0 Å². The van der Waals surface area contributed by atoms with Gasteiger partial charge in [-0.1, -0.05) is 0 Å². The van der Waals surface area contributed by atoms with Crippen molar-refractivity contribution in [1.29, 1.82) is 0 Å². The number of rotatable bonds is 6. The molecular weight excluding hydrogens is 360 g/mol. The number of hydrogen-bond donors (Lipinski definition) is 2. The van der Waals surface area contributed by atoms with Gasteiger partial charge in [0.2, 0.25) is 5.91 Å². The molecule has 1 atom stereocenters. The third-order valence-electron chi connectivity index (χ3n) is 4.63. The summed E-state index contributed by atoms with van der Waals surface area (Å²) >= 11 is 0. The number of hydrogen-bond acceptors (Lipinski definition) is 6. The maximum atomic E-state index is 11.9. The highest BCUT2D eigenvalue weighted by Crippen LogP contribution is 2.32. The first-order valence-electron chi connectivity index (χ1n) is 9.42. The van der Waals surface area contributed by atoms with Gasteiger partial charge in [0.05, 0.1) is 30.3 Å². The van der Waals surface area contributed by atoms with Gasteiger partial charge >= 0.3 is 0 Å². The summed E-state index contributed by atoms with van der Waals surface area (Å²) < 4.78 is 12.0. The van der Waals surface area contributed by atoms with Crippen LogP contribution in [-0.4, -0.2) is 53.5 Å². The van der Waals surface area contributed by atoms with E-state index in [1.54, 1.807) is 29.3 Å². The number of carbonyl (C=O) groups excluding carboxylic acids is 2. The molecule has 0 spiro atoms. The zero-order valence-corrected chi connectivity index (χ0v) is 16.2. The van der Waals surface area contributed by atoms with Gasteiger partial charge in [-0.3, -0.25) is 14.6 Å². The second-order valence-corrected chi connectivity index (χ2v) is 7.13. The molecule has 0 bridgehead atoms. The van der Waals surface area contributed by atoms with Crippen LogP contribution < -0.4 is 20.9 Å². The first-order chi connectivity index (χ1) is 13.4. The average Bonchev–Trinajstić information content (AvgIpc) is 2.67. The van der Waals surface area contributed by atoms with Crippen LogP contribution in [0.3, 0.4) is 0 Å². The molecule has 1 aliphatic heterocycles. The summed E-state index contributed by atoms with van der Waals surface area (Å²) in [6.45, 7) is 4.94. The first kappa shape index (κ1) is 19.9. The summed E-state index contributed by atoms with van der Waals surface area (Å²) in [5.41, 5.74) is 11.8. The normalized spacial score (nSPS) is 17.0. The molecule has 1 fully saturated rings. The molecule has 1 saturated heterocycles. The van der Waals surface area contributed by atoms with Gasteiger partial charge in [-0.15, -0.1) is 0 Å². The molecule has 2 aromatic rings. The minimum Gasteiger partial charge on any atom is -0.490 e. The van der Waals surface area contributed by atoms with Gasteiger partial charge < -0.3 is 25.8 Å². The second kappa shape index (κ2) is 8.43. The zero-order valence-electron chi connectivity index (χ0n) is 16.2. The number of nitrogens with zero attached hydrogens (tertiary/aromatic N) is 2. The van der Waals surface area contributed by atoms with Crippen LogP contribution in [-0.2, 0) is 4.79 Å². The van der Waals surface area contributed by atoms with Crippen molar-refractivity contribution in [1.82, 2.24) is 9.88 Å². The van der Waals surface area contributed by atoms with Gasteiger partial charge in [0.25, 0.3) is 5.91 Å². The molecule has 150 valence electrons. The average molecular weight is 386 g/mol. The van der Waals surface area contributed by atoms with Crippen LogP contribution in [0.25, 0.3) is 10.9 Å². The fourth-order valence-electron chi connectivity index (χ4n) is 3.36. The number of primary amides is 1. The number of aromatic nitrogens is 1. The predicted octanol–water partition coefficient (Wildman–Crippen LogP) is 1.45. The van der Waals surface area contributed by atoms with Crippen LogP contribution in [0.2, 0.25) is 0 Å². The molecule has 0 aliphatic carbocycles. The quantitative estimate of drug-likeness (QED) is 0.775. The summed E-state index contributed by atoms with van der Waals surface area (Å²) in [5.74, 6) is 0.374. The Bertz CT molecular complexity index is 884. The third-order valence-corrected chi connectivity index (χ3v) is 4.63. The molecule has 1 aromatic carbocycles. The number of ether oxygens (including phenoxy) is 2. The Morgan fingerprint density at radius 3 is 2.79 bits per heavy atom. The maximum absolute atomic E-state index is 11.9. The molecule has 1 aliphatic rings. The molecule has 8 nitrogen and oxygen atoms in total. The lowest BCUT2D eigenvalue weighted by molar-refractivity contribution is -0.132. The summed E-state index contributed by atoms with van der Waals surface area (Å²) in [5, 5.41) is 0.727.